The molecule has 0 bridgehead atoms. The molecule has 4 N–H and O–H groups in total. The molecule has 1 aromatic heterocycles. The van der Waals surface area contributed by atoms with Crippen LogP contribution in [-0.4, -0.2) is 29.0 Å². The Bertz CT molecular complexity index is 490. The lowest BCUT2D eigenvalue weighted by Crippen LogP contribution is -2.31. The summed E-state index contributed by atoms with van der Waals surface area (Å²) in [5.74, 6) is 0.182. The van der Waals surface area contributed by atoms with E-state index in [-0.39, 0.29) is 17.6 Å². The van der Waals surface area contributed by atoms with Crippen LogP contribution in [0.1, 0.15) is 6.42 Å². The molecule has 16 heavy (non-hydrogen) atoms. The quantitative estimate of drug-likeness (QED) is 0.560. The number of anilines is 1. The van der Waals surface area contributed by atoms with Crippen LogP contribution in [0.3, 0.4) is 0 Å². The molecule has 0 saturated carbocycles. The van der Waals surface area contributed by atoms with Gasteiger partial charge in [-0.05, 0) is 12.5 Å². The highest BCUT2D eigenvalue weighted by Crippen LogP contribution is 2.20. The monoisotopic (exact) mass is 224 g/mol. The highest BCUT2D eigenvalue weighted by Gasteiger charge is 2.30. The number of hydrogen-bond acceptors (Lipinski definition) is 4. The number of amides is 1. The number of H-pyrrole nitrogens is 2. The topological polar surface area (TPSA) is 112 Å². The second kappa shape index (κ2) is 3.93. The average molecular weight is 224 g/mol. The smallest absolute Gasteiger partial charge is 0.327 e. The Hall–Kier alpha value is -1.89. The number of carbonyl (C=O) groups is 1. The zero-order valence-corrected chi connectivity index (χ0v) is 8.53. The minimum Gasteiger partial charge on any atom is -0.330 e. The van der Waals surface area contributed by atoms with Gasteiger partial charge in [0.1, 0.15) is 5.82 Å². The van der Waals surface area contributed by atoms with Gasteiger partial charge in [0.25, 0.3) is 5.56 Å². The van der Waals surface area contributed by atoms with Crippen molar-refractivity contribution in [1.82, 2.24) is 9.97 Å². The van der Waals surface area contributed by atoms with Gasteiger partial charge in [0.05, 0.1) is 0 Å². The predicted molar refractivity (Wildman–Crippen MR) is 57.2 cm³/mol. The molecule has 2 heterocycles. The maximum absolute atomic E-state index is 11.6. The summed E-state index contributed by atoms with van der Waals surface area (Å²) in [5, 5.41) is 0. The molecule has 1 atom stereocenters. The van der Waals surface area contributed by atoms with Gasteiger partial charge >= 0.3 is 5.69 Å². The number of aromatic amines is 2. The van der Waals surface area contributed by atoms with Gasteiger partial charge in [0.15, 0.2) is 0 Å². The van der Waals surface area contributed by atoms with Crippen molar-refractivity contribution < 1.29 is 4.79 Å². The lowest BCUT2D eigenvalue weighted by molar-refractivity contribution is -0.117. The summed E-state index contributed by atoms with van der Waals surface area (Å²) < 4.78 is 0. The molecule has 2 rings (SSSR count). The molecule has 0 radical (unpaired) electrons. The van der Waals surface area contributed by atoms with Crippen molar-refractivity contribution in [3.63, 3.8) is 0 Å². The second-order valence-electron chi connectivity index (χ2n) is 3.78. The van der Waals surface area contributed by atoms with Crippen LogP contribution in [0.15, 0.2) is 15.7 Å². The number of hydrogen-bond donors (Lipinski definition) is 3. The van der Waals surface area contributed by atoms with Crippen LogP contribution in [0.5, 0.6) is 0 Å². The normalized spacial score (nSPS) is 20.4. The van der Waals surface area contributed by atoms with E-state index in [4.69, 9.17) is 5.73 Å². The zero-order chi connectivity index (χ0) is 11.7. The molecule has 1 fully saturated rings. The van der Waals surface area contributed by atoms with Crippen LogP contribution in [0.4, 0.5) is 5.82 Å². The maximum atomic E-state index is 11.6. The summed E-state index contributed by atoms with van der Waals surface area (Å²) in [7, 11) is 0. The van der Waals surface area contributed by atoms with Crippen LogP contribution in [-0.2, 0) is 4.79 Å². The van der Waals surface area contributed by atoms with Gasteiger partial charge in [-0.25, -0.2) is 4.79 Å². The van der Waals surface area contributed by atoms with Gasteiger partial charge in [-0.3, -0.25) is 24.5 Å². The van der Waals surface area contributed by atoms with Crippen LogP contribution in [0.2, 0.25) is 0 Å². The van der Waals surface area contributed by atoms with E-state index >= 15 is 0 Å². The number of carbonyl (C=O) groups excluding carboxylic acids is 1. The van der Waals surface area contributed by atoms with Gasteiger partial charge in [-0.1, -0.05) is 0 Å². The summed E-state index contributed by atoms with van der Waals surface area (Å²) in [6.07, 6.45) is 0.353. The van der Waals surface area contributed by atoms with E-state index in [1.54, 1.807) is 0 Å². The first-order valence-electron chi connectivity index (χ1n) is 4.94. The van der Waals surface area contributed by atoms with Gasteiger partial charge in [-0.15, -0.1) is 0 Å². The summed E-state index contributed by atoms with van der Waals surface area (Å²) in [4.78, 5) is 39.6. The Labute approximate surface area is 90.3 Å². The third kappa shape index (κ3) is 1.89. The maximum Gasteiger partial charge on any atom is 0.327 e. The van der Waals surface area contributed by atoms with E-state index < -0.39 is 11.2 Å². The molecular formula is C9H12N4O3. The third-order valence-corrected chi connectivity index (χ3v) is 2.58. The van der Waals surface area contributed by atoms with Gasteiger partial charge < -0.3 is 5.73 Å². The molecule has 7 heteroatoms. The number of rotatable bonds is 2. The molecule has 7 nitrogen and oxygen atoms in total. The van der Waals surface area contributed by atoms with Crippen molar-refractivity contribution in [2.75, 3.05) is 18.0 Å². The molecule has 0 aromatic carbocycles. The molecule has 1 saturated heterocycles. The van der Waals surface area contributed by atoms with Crippen LogP contribution in [0, 0.1) is 5.92 Å². The van der Waals surface area contributed by atoms with Crippen molar-refractivity contribution in [2.24, 2.45) is 11.7 Å². The fourth-order valence-corrected chi connectivity index (χ4v) is 1.77. The average Bonchev–Trinajstić information content (AvgIpc) is 2.58. The molecular weight excluding hydrogens is 212 g/mol. The largest absolute Gasteiger partial charge is 0.330 e. The molecule has 0 aliphatic carbocycles. The SMILES string of the molecule is NCC1CC(=O)N(c2cc(=O)[nH]c(=O)[nH]2)C1. The Morgan fingerprint density at radius 1 is 1.38 bits per heavy atom. The van der Waals surface area contributed by atoms with E-state index in [0.29, 0.717) is 19.5 Å². The van der Waals surface area contributed by atoms with E-state index in [2.05, 4.69) is 4.98 Å². The molecule has 86 valence electrons. The van der Waals surface area contributed by atoms with Crippen molar-refractivity contribution >= 4 is 11.7 Å². The lowest BCUT2D eigenvalue weighted by atomic mass is 10.1. The van der Waals surface area contributed by atoms with Crippen molar-refractivity contribution in [2.45, 2.75) is 6.42 Å². The fourth-order valence-electron chi connectivity index (χ4n) is 1.77. The van der Waals surface area contributed by atoms with E-state index in [9.17, 15) is 14.4 Å². The lowest BCUT2D eigenvalue weighted by Gasteiger charge is -2.14. The van der Waals surface area contributed by atoms with Gasteiger partial charge in [-0.2, -0.15) is 0 Å². The summed E-state index contributed by atoms with van der Waals surface area (Å²) in [6, 6.07) is 1.19. The van der Waals surface area contributed by atoms with Crippen molar-refractivity contribution in [3.05, 3.63) is 26.9 Å². The number of nitrogens with zero attached hydrogens (tertiary/aromatic N) is 1. The Kier molecular flexibility index (Phi) is 2.61. The van der Waals surface area contributed by atoms with Crippen LogP contribution >= 0.6 is 0 Å². The minimum atomic E-state index is -0.619. The number of aromatic nitrogens is 2. The Morgan fingerprint density at radius 2 is 2.12 bits per heavy atom. The van der Waals surface area contributed by atoms with E-state index in [1.165, 1.54) is 11.0 Å². The summed E-state index contributed by atoms with van der Waals surface area (Å²) in [6.45, 7) is 0.852. The van der Waals surface area contributed by atoms with Crippen molar-refractivity contribution in [1.29, 1.82) is 0 Å². The molecule has 1 unspecified atom stereocenters. The molecule has 1 aromatic rings. The minimum absolute atomic E-state index is 0.0790. The van der Waals surface area contributed by atoms with E-state index in [0.717, 1.165) is 0 Å². The number of nitrogens with two attached hydrogens (primary N) is 1. The van der Waals surface area contributed by atoms with Gasteiger partial charge in [0, 0.05) is 19.0 Å². The van der Waals surface area contributed by atoms with Crippen LogP contribution < -0.4 is 21.9 Å². The molecule has 1 aliphatic rings. The van der Waals surface area contributed by atoms with Crippen LogP contribution in [0.25, 0.3) is 0 Å². The Morgan fingerprint density at radius 3 is 2.69 bits per heavy atom. The molecule has 1 aliphatic heterocycles. The Balaban J connectivity index is 2.34. The third-order valence-electron chi connectivity index (χ3n) is 2.58. The van der Waals surface area contributed by atoms with Gasteiger partial charge in [0.2, 0.25) is 5.91 Å². The summed E-state index contributed by atoms with van der Waals surface area (Å²) >= 11 is 0. The fraction of sp³-hybridized carbons (Fsp3) is 0.444. The highest BCUT2D eigenvalue weighted by molar-refractivity contribution is 5.94. The second-order valence-corrected chi connectivity index (χ2v) is 3.78. The number of nitrogens with one attached hydrogen (secondary N) is 2. The molecule has 0 spiro atoms. The first-order valence-corrected chi connectivity index (χ1v) is 4.94. The zero-order valence-electron chi connectivity index (χ0n) is 8.53. The van der Waals surface area contributed by atoms with Crippen molar-refractivity contribution in [3.8, 4) is 0 Å². The summed E-state index contributed by atoms with van der Waals surface area (Å²) in [5.41, 5.74) is 4.33. The highest BCUT2D eigenvalue weighted by atomic mass is 16.2. The first kappa shape index (κ1) is 10.6. The first-order chi connectivity index (χ1) is 7.60. The predicted octanol–water partition coefficient (Wildman–Crippen LogP) is -1.63. The van der Waals surface area contributed by atoms with E-state index in [1.807, 2.05) is 4.98 Å². The molecule has 1 amide bonds. The standard InChI is InChI=1S/C9H12N4O3/c10-3-5-1-8(15)13(4-5)6-2-7(14)12-9(16)11-6/h2,5H,1,3-4,10H2,(H2,11,12,14,16).